The maximum atomic E-state index is 13.1. The normalized spacial score (nSPS) is 40.7. The second-order valence-electron chi connectivity index (χ2n) is 9.87. The van der Waals surface area contributed by atoms with E-state index < -0.39 is 16.3 Å². The fraction of sp³-hybridized carbons (Fsp3) is 0.682. The Bertz CT molecular complexity index is 699. The van der Waals surface area contributed by atoms with E-state index >= 15 is 0 Å². The predicted molar refractivity (Wildman–Crippen MR) is 98.2 cm³/mol. The largest absolute Gasteiger partial charge is 0.382 e. The van der Waals surface area contributed by atoms with Crippen LogP contribution in [0, 0.1) is 29.1 Å². The minimum absolute atomic E-state index is 0.187. The smallest absolute Gasteiger partial charge is 0.223 e. The van der Waals surface area contributed by atoms with Gasteiger partial charge >= 0.3 is 5.91 Å². The van der Waals surface area contributed by atoms with E-state index in [1.54, 1.807) is 0 Å². The predicted octanol–water partition coefficient (Wildman–Crippen LogP) is 4.59. The Labute approximate surface area is 156 Å². The highest BCUT2D eigenvalue weighted by Crippen LogP contribution is 2.60. The van der Waals surface area contributed by atoms with E-state index in [1.165, 1.54) is 12.8 Å². The first kappa shape index (κ1) is 18.1. The first-order chi connectivity index (χ1) is 12.2. The number of piperidine rings is 1. The molecular formula is C22H32NO3+. The summed E-state index contributed by atoms with van der Waals surface area (Å²) in [6.07, 6.45) is 5.82. The number of hydroxylamine groups is 4. The molecule has 3 fully saturated rings. The average Bonchev–Trinajstić information content (AvgIpc) is 3.22. The van der Waals surface area contributed by atoms with E-state index in [-0.39, 0.29) is 17.3 Å². The summed E-state index contributed by atoms with van der Waals surface area (Å²) in [5.41, 5.74) is -0.0196. The summed E-state index contributed by atoms with van der Waals surface area (Å²) in [5.74, 6) is 0.569. The fourth-order valence-corrected chi connectivity index (χ4v) is 6.39. The van der Waals surface area contributed by atoms with Crippen LogP contribution in [0.15, 0.2) is 30.3 Å². The molecule has 0 radical (unpaired) electrons. The van der Waals surface area contributed by atoms with Crippen LogP contribution in [0.25, 0.3) is 0 Å². The second-order valence-corrected chi connectivity index (χ2v) is 9.87. The summed E-state index contributed by atoms with van der Waals surface area (Å²) in [6.45, 7) is 6.07. The number of carbonyl (C=O) groups is 1. The van der Waals surface area contributed by atoms with Crippen molar-refractivity contribution in [1.82, 2.24) is 0 Å². The molecule has 3 aliphatic rings. The topological polar surface area (TPSA) is 57.5 Å². The van der Waals surface area contributed by atoms with Crippen LogP contribution in [0.3, 0.4) is 0 Å². The van der Waals surface area contributed by atoms with Gasteiger partial charge in [-0.15, -0.1) is 0 Å². The quantitative estimate of drug-likeness (QED) is 0.614. The second kappa shape index (κ2) is 5.88. The lowest BCUT2D eigenvalue weighted by Gasteiger charge is -2.54. The van der Waals surface area contributed by atoms with Crippen molar-refractivity contribution in [3.05, 3.63) is 35.9 Å². The Morgan fingerprint density at radius 1 is 1.12 bits per heavy atom. The number of amides is 1. The standard InChI is InChI=1S/C22H32NO3/c1-15-20(24)23(25,26)22(14-21(15,2)3,13-16-7-5-4-6-8-16)19-12-17-9-10-18(19)11-17/h4-8,15,17-19,25-26H,9-14H2,1-3H3/q+1. The summed E-state index contributed by atoms with van der Waals surface area (Å²) >= 11 is 0. The van der Waals surface area contributed by atoms with Crippen molar-refractivity contribution in [1.29, 1.82) is 0 Å². The van der Waals surface area contributed by atoms with Crippen LogP contribution >= 0.6 is 0 Å². The monoisotopic (exact) mass is 358 g/mol. The van der Waals surface area contributed by atoms with Gasteiger partial charge in [0.1, 0.15) is 0 Å². The Hall–Kier alpha value is -1.23. The van der Waals surface area contributed by atoms with E-state index in [9.17, 15) is 15.2 Å². The minimum Gasteiger partial charge on any atom is -0.223 e. The van der Waals surface area contributed by atoms with Gasteiger partial charge in [-0.2, -0.15) is 10.4 Å². The highest BCUT2D eigenvalue weighted by Gasteiger charge is 2.71. The lowest BCUT2D eigenvalue weighted by molar-refractivity contribution is -1.23. The Kier molecular flexibility index (Phi) is 4.11. The number of hydrogen-bond acceptors (Lipinski definition) is 3. The molecule has 5 unspecified atom stereocenters. The third-order valence-electron chi connectivity index (χ3n) is 8.01. The molecule has 2 saturated carbocycles. The van der Waals surface area contributed by atoms with Gasteiger partial charge in [0.2, 0.25) is 0 Å². The van der Waals surface area contributed by atoms with Crippen molar-refractivity contribution in [3.8, 4) is 0 Å². The molecule has 1 heterocycles. The number of benzene rings is 1. The maximum Gasteiger partial charge on any atom is 0.382 e. The van der Waals surface area contributed by atoms with E-state index in [1.807, 2.05) is 37.3 Å². The molecule has 26 heavy (non-hydrogen) atoms. The van der Waals surface area contributed by atoms with Crippen LogP contribution in [-0.4, -0.2) is 26.7 Å². The van der Waals surface area contributed by atoms with Gasteiger partial charge in [-0.1, -0.05) is 50.6 Å². The van der Waals surface area contributed by atoms with Crippen molar-refractivity contribution < 1.29 is 20.0 Å². The van der Waals surface area contributed by atoms with Gasteiger partial charge in [0.25, 0.3) is 0 Å². The van der Waals surface area contributed by atoms with E-state index in [0.29, 0.717) is 24.7 Å². The summed E-state index contributed by atoms with van der Waals surface area (Å²) in [7, 11) is 0. The zero-order valence-electron chi connectivity index (χ0n) is 16.2. The van der Waals surface area contributed by atoms with E-state index in [2.05, 4.69) is 13.8 Å². The first-order valence-corrected chi connectivity index (χ1v) is 10.1. The number of fused-ring (bicyclic) bond motifs is 2. The molecule has 0 aromatic heterocycles. The van der Waals surface area contributed by atoms with Gasteiger partial charge in [-0.25, -0.2) is 4.79 Å². The number of hydrogen-bond donors (Lipinski definition) is 2. The molecule has 1 aliphatic heterocycles. The van der Waals surface area contributed by atoms with Gasteiger partial charge in [0.15, 0.2) is 5.54 Å². The van der Waals surface area contributed by atoms with Crippen LogP contribution in [0.2, 0.25) is 0 Å². The third-order valence-corrected chi connectivity index (χ3v) is 8.01. The number of rotatable bonds is 3. The molecule has 0 spiro atoms. The molecule has 4 nitrogen and oxygen atoms in total. The Balaban J connectivity index is 1.83. The molecule has 4 rings (SSSR count). The van der Waals surface area contributed by atoms with Crippen molar-refractivity contribution in [2.45, 2.75) is 64.8 Å². The zero-order valence-corrected chi connectivity index (χ0v) is 16.2. The van der Waals surface area contributed by atoms with Gasteiger partial charge in [0, 0.05) is 23.6 Å². The van der Waals surface area contributed by atoms with Crippen LogP contribution in [-0.2, 0) is 11.2 Å². The average molecular weight is 359 g/mol. The van der Waals surface area contributed by atoms with Crippen molar-refractivity contribution in [2.75, 3.05) is 0 Å². The molecule has 1 saturated heterocycles. The Morgan fingerprint density at radius 2 is 1.81 bits per heavy atom. The Morgan fingerprint density at radius 3 is 2.38 bits per heavy atom. The number of quaternary nitrogens is 1. The summed E-state index contributed by atoms with van der Waals surface area (Å²) in [5, 5.41) is 22.5. The first-order valence-electron chi connectivity index (χ1n) is 10.1. The van der Waals surface area contributed by atoms with Crippen LogP contribution in [0.1, 0.15) is 58.4 Å². The number of carbonyl (C=O) groups excluding carboxylic acids is 1. The fourth-order valence-electron chi connectivity index (χ4n) is 6.39. The molecule has 4 heteroatoms. The molecule has 1 amide bonds. The SMILES string of the molecule is CC1C(=O)[N+](O)(O)C(Cc2ccccc2)(C2CC3CCC2C3)CC1(C)C. The van der Waals surface area contributed by atoms with Crippen LogP contribution in [0.4, 0.5) is 0 Å². The van der Waals surface area contributed by atoms with Gasteiger partial charge in [-0.3, -0.25) is 0 Å². The van der Waals surface area contributed by atoms with Crippen molar-refractivity contribution >= 4 is 5.91 Å². The number of nitrogens with zero attached hydrogens (tertiary/aromatic N) is 1. The summed E-state index contributed by atoms with van der Waals surface area (Å²) in [6, 6.07) is 10.1. The lowest BCUT2D eigenvalue weighted by atomic mass is 9.58. The molecular weight excluding hydrogens is 326 g/mol. The summed E-state index contributed by atoms with van der Waals surface area (Å²) < 4.78 is 0. The molecule has 1 aromatic carbocycles. The van der Waals surface area contributed by atoms with Crippen LogP contribution < -0.4 is 0 Å². The molecule has 5 atom stereocenters. The lowest BCUT2D eigenvalue weighted by Crippen LogP contribution is -2.74. The minimum atomic E-state index is -1.43. The highest BCUT2D eigenvalue weighted by molar-refractivity contribution is 5.73. The van der Waals surface area contributed by atoms with Gasteiger partial charge in [0.05, 0.1) is 5.92 Å². The molecule has 2 bridgehead atoms. The molecule has 142 valence electrons. The third kappa shape index (κ3) is 2.49. The van der Waals surface area contributed by atoms with E-state index in [4.69, 9.17) is 0 Å². The van der Waals surface area contributed by atoms with Crippen LogP contribution in [0.5, 0.6) is 0 Å². The van der Waals surface area contributed by atoms with Gasteiger partial charge < -0.3 is 0 Å². The van der Waals surface area contributed by atoms with E-state index in [0.717, 1.165) is 18.4 Å². The molecule has 2 N–H and O–H groups in total. The summed E-state index contributed by atoms with van der Waals surface area (Å²) in [4.78, 5) is 11.7. The molecule has 1 aromatic rings. The zero-order chi connectivity index (χ0) is 18.7. The highest BCUT2D eigenvalue weighted by atomic mass is 16.9. The van der Waals surface area contributed by atoms with Gasteiger partial charge in [-0.05, 0) is 49.0 Å². The van der Waals surface area contributed by atoms with Crippen molar-refractivity contribution in [2.24, 2.45) is 29.1 Å². The maximum absolute atomic E-state index is 13.1. The molecule has 2 aliphatic carbocycles. The van der Waals surface area contributed by atoms with Crippen molar-refractivity contribution in [3.63, 3.8) is 0 Å².